The van der Waals surface area contributed by atoms with Gasteiger partial charge in [0.25, 0.3) is 0 Å². The molecule has 0 spiro atoms. The standard InChI is InChI=1S/C61H118O17P2/c1-6-10-13-16-19-24-30-35-40-45-59(64)72-51-57(78-61(66)47-42-37-32-27-23-22-26-28-33-38-43-54(5)9-4)53-76-80(69,70)74-49-55(62)48-73-79(67,68)75-52-56(50-71-58(63)44-39-34-29-21-18-15-12-8-3)77-60(65)46-41-36-31-25-20-17-14-11-7-2/h54-57,62H,6-53H2,1-5H3,(H,67,68)(H,69,70)/t54?,55-,56+,57+/m0/s1. The number of phosphoric ester groups is 2. The van der Waals surface area contributed by atoms with Crippen molar-refractivity contribution in [2.45, 2.75) is 323 Å². The quantitative estimate of drug-likeness (QED) is 0.0222. The first-order chi connectivity index (χ1) is 38.6. The van der Waals surface area contributed by atoms with Crippen molar-refractivity contribution in [1.29, 1.82) is 0 Å². The fraction of sp³-hybridized carbons (Fsp3) is 0.934. The van der Waals surface area contributed by atoms with Gasteiger partial charge in [0.05, 0.1) is 26.4 Å². The molecule has 0 aromatic carbocycles. The second-order valence-corrected chi connectivity index (χ2v) is 25.2. The summed E-state index contributed by atoms with van der Waals surface area (Å²) in [7, 11) is -9.87. The topological polar surface area (TPSA) is 237 Å². The lowest BCUT2D eigenvalue weighted by atomic mass is 9.99. The molecule has 0 aliphatic rings. The van der Waals surface area contributed by atoms with E-state index in [0.717, 1.165) is 102 Å². The predicted molar refractivity (Wildman–Crippen MR) is 317 cm³/mol. The Morgan fingerprint density at radius 1 is 0.350 bits per heavy atom. The molecule has 0 heterocycles. The van der Waals surface area contributed by atoms with Crippen LogP contribution in [0.2, 0.25) is 0 Å². The van der Waals surface area contributed by atoms with Crippen LogP contribution in [0.4, 0.5) is 0 Å². The molecule has 0 fully saturated rings. The molecule has 17 nitrogen and oxygen atoms in total. The number of esters is 4. The molecular weight excluding hydrogens is 1070 g/mol. The van der Waals surface area contributed by atoms with E-state index >= 15 is 0 Å². The van der Waals surface area contributed by atoms with Crippen LogP contribution in [0.3, 0.4) is 0 Å². The van der Waals surface area contributed by atoms with Crippen molar-refractivity contribution in [3.05, 3.63) is 0 Å². The highest BCUT2D eigenvalue weighted by Crippen LogP contribution is 2.45. The summed E-state index contributed by atoms with van der Waals surface area (Å²) >= 11 is 0. The van der Waals surface area contributed by atoms with Gasteiger partial charge in [-0.25, -0.2) is 9.13 Å². The Kier molecular flexibility index (Phi) is 53.6. The molecule has 0 bridgehead atoms. The van der Waals surface area contributed by atoms with Gasteiger partial charge in [-0.3, -0.25) is 37.3 Å². The number of hydrogen-bond acceptors (Lipinski definition) is 15. The Labute approximate surface area is 486 Å². The summed E-state index contributed by atoms with van der Waals surface area (Å²) in [6, 6.07) is 0. The van der Waals surface area contributed by atoms with Crippen molar-refractivity contribution in [3.8, 4) is 0 Å². The first-order valence-electron chi connectivity index (χ1n) is 32.2. The van der Waals surface area contributed by atoms with Crippen LogP contribution < -0.4 is 0 Å². The molecule has 0 aromatic heterocycles. The van der Waals surface area contributed by atoms with E-state index in [2.05, 4.69) is 34.6 Å². The molecule has 80 heavy (non-hydrogen) atoms. The maximum atomic E-state index is 12.9. The van der Waals surface area contributed by atoms with Crippen LogP contribution in [0.1, 0.15) is 304 Å². The number of unbranched alkanes of at least 4 members (excludes halogenated alkanes) is 32. The molecule has 3 unspecified atom stereocenters. The van der Waals surface area contributed by atoms with Crippen LogP contribution in [0.5, 0.6) is 0 Å². The van der Waals surface area contributed by atoms with Gasteiger partial charge in [-0.2, -0.15) is 0 Å². The second kappa shape index (κ2) is 55.0. The third kappa shape index (κ3) is 54.0. The fourth-order valence-corrected chi connectivity index (χ4v) is 10.6. The molecule has 0 aliphatic carbocycles. The highest BCUT2D eigenvalue weighted by Gasteiger charge is 2.30. The van der Waals surface area contributed by atoms with E-state index in [0.29, 0.717) is 25.7 Å². The maximum absolute atomic E-state index is 12.9. The zero-order valence-electron chi connectivity index (χ0n) is 51.2. The lowest BCUT2D eigenvalue weighted by molar-refractivity contribution is -0.161. The number of carbonyl (C=O) groups excluding carboxylic acids is 4. The lowest BCUT2D eigenvalue weighted by Crippen LogP contribution is -2.30. The highest BCUT2D eigenvalue weighted by molar-refractivity contribution is 7.47. The Morgan fingerprint density at radius 2 is 0.600 bits per heavy atom. The van der Waals surface area contributed by atoms with Gasteiger partial charge in [-0.1, -0.05) is 253 Å². The van der Waals surface area contributed by atoms with E-state index < -0.39 is 97.5 Å². The summed E-state index contributed by atoms with van der Waals surface area (Å²) in [6.45, 7) is 7.14. The van der Waals surface area contributed by atoms with E-state index in [1.54, 1.807) is 0 Å². The van der Waals surface area contributed by atoms with Gasteiger partial charge >= 0.3 is 39.5 Å². The first kappa shape index (κ1) is 78.1. The van der Waals surface area contributed by atoms with Crippen molar-refractivity contribution in [1.82, 2.24) is 0 Å². The molecule has 3 N–H and O–H groups in total. The Hall–Kier alpha value is -1.94. The van der Waals surface area contributed by atoms with Gasteiger partial charge in [0.1, 0.15) is 19.3 Å². The number of rotatable bonds is 61. The molecule has 0 amide bonds. The molecule has 0 aliphatic heterocycles. The monoisotopic (exact) mass is 1180 g/mol. The van der Waals surface area contributed by atoms with Crippen molar-refractivity contribution >= 4 is 39.5 Å². The van der Waals surface area contributed by atoms with Crippen LogP contribution in [-0.4, -0.2) is 96.7 Å². The van der Waals surface area contributed by atoms with Crippen molar-refractivity contribution in [2.24, 2.45) is 5.92 Å². The van der Waals surface area contributed by atoms with Gasteiger partial charge in [-0.15, -0.1) is 0 Å². The average molecular weight is 1190 g/mol. The zero-order valence-corrected chi connectivity index (χ0v) is 53.0. The minimum atomic E-state index is -4.94. The van der Waals surface area contributed by atoms with Gasteiger partial charge in [0, 0.05) is 25.7 Å². The molecule has 0 saturated heterocycles. The highest BCUT2D eigenvalue weighted by atomic mass is 31.2. The molecule has 0 aromatic rings. The Morgan fingerprint density at radius 3 is 0.887 bits per heavy atom. The van der Waals surface area contributed by atoms with Gasteiger partial charge < -0.3 is 33.8 Å². The first-order valence-corrected chi connectivity index (χ1v) is 35.2. The number of phosphoric acid groups is 2. The Balaban J connectivity index is 5.21. The smallest absolute Gasteiger partial charge is 0.462 e. The lowest BCUT2D eigenvalue weighted by Gasteiger charge is -2.21. The summed E-state index contributed by atoms with van der Waals surface area (Å²) in [5.74, 6) is -1.34. The molecule has 0 rings (SSSR count). The van der Waals surface area contributed by atoms with E-state index in [4.69, 9.17) is 37.0 Å². The van der Waals surface area contributed by atoms with Crippen LogP contribution in [0.15, 0.2) is 0 Å². The molecule has 0 saturated carbocycles. The third-order valence-corrected chi connectivity index (χ3v) is 16.3. The van der Waals surface area contributed by atoms with E-state index in [-0.39, 0.29) is 25.7 Å². The van der Waals surface area contributed by atoms with E-state index in [1.165, 1.54) is 122 Å². The van der Waals surface area contributed by atoms with Gasteiger partial charge in [0.2, 0.25) is 0 Å². The fourth-order valence-electron chi connectivity index (χ4n) is 9.02. The van der Waals surface area contributed by atoms with E-state index in [9.17, 15) is 43.2 Å². The molecule has 474 valence electrons. The molecule has 19 heteroatoms. The van der Waals surface area contributed by atoms with Gasteiger partial charge in [-0.05, 0) is 31.6 Å². The SMILES string of the molecule is CCCCCCCCCCCC(=O)OC[C@H](COP(=O)(O)OC[C@@H](O)COP(=O)(O)OC[C@@H](COC(=O)CCCCCCCCCC)OC(=O)CCCCCCCCCCC)OC(=O)CCCCCCCCCCCCC(C)CC. The Bertz CT molecular complexity index is 1570. The largest absolute Gasteiger partial charge is 0.472 e. The number of aliphatic hydroxyl groups excluding tert-OH is 1. The van der Waals surface area contributed by atoms with Crippen LogP contribution in [0, 0.1) is 5.92 Å². The van der Waals surface area contributed by atoms with Crippen molar-refractivity contribution < 1.29 is 80.2 Å². The number of carbonyl (C=O) groups is 4. The summed E-state index contributed by atoms with van der Waals surface area (Å²) in [5, 5.41) is 10.5. The summed E-state index contributed by atoms with van der Waals surface area (Å²) < 4.78 is 67.8. The van der Waals surface area contributed by atoms with E-state index in [1.807, 2.05) is 0 Å². The predicted octanol–water partition coefficient (Wildman–Crippen LogP) is 16.6. The number of aliphatic hydroxyl groups is 1. The zero-order chi connectivity index (χ0) is 59.2. The maximum Gasteiger partial charge on any atom is 0.472 e. The van der Waals surface area contributed by atoms with Gasteiger partial charge in [0.15, 0.2) is 12.2 Å². The number of ether oxygens (including phenoxy) is 4. The number of hydrogen-bond donors (Lipinski definition) is 3. The summed E-state index contributed by atoms with van der Waals surface area (Å²) in [5.41, 5.74) is 0. The molecule has 0 radical (unpaired) electrons. The molecular formula is C61H118O17P2. The van der Waals surface area contributed by atoms with Crippen LogP contribution in [-0.2, 0) is 65.4 Å². The summed E-state index contributed by atoms with van der Waals surface area (Å²) in [4.78, 5) is 71.9. The minimum Gasteiger partial charge on any atom is -0.462 e. The van der Waals surface area contributed by atoms with Crippen LogP contribution in [0.25, 0.3) is 0 Å². The second-order valence-electron chi connectivity index (χ2n) is 22.3. The molecule has 6 atom stereocenters. The summed E-state index contributed by atoms with van der Waals surface area (Å²) in [6.07, 6.45) is 37.5. The van der Waals surface area contributed by atoms with Crippen molar-refractivity contribution in [2.75, 3.05) is 39.6 Å². The third-order valence-electron chi connectivity index (χ3n) is 14.4. The van der Waals surface area contributed by atoms with Crippen LogP contribution >= 0.6 is 15.6 Å². The normalized spacial score (nSPS) is 14.7. The minimum absolute atomic E-state index is 0.106. The van der Waals surface area contributed by atoms with Crippen molar-refractivity contribution in [3.63, 3.8) is 0 Å². The average Bonchev–Trinajstić information content (AvgIpc) is 3.43.